The zero-order valence-electron chi connectivity index (χ0n) is 59.9. The molecule has 6 amide bonds. The van der Waals surface area contributed by atoms with Crippen LogP contribution in [0.4, 0.5) is 34.1 Å². The van der Waals surface area contributed by atoms with Crippen molar-refractivity contribution in [3.63, 3.8) is 0 Å². The fourth-order valence-electron chi connectivity index (χ4n) is 14.3. The molecule has 0 saturated heterocycles. The van der Waals surface area contributed by atoms with Gasteiger partial charge in [-0.1, -0.05) is 188 Å². The minimum Gasteiger partial charge on any atom is -0.321 e. The van der Waals surface area contributed by atoms with Gasteiger partial charge in [0, 0.05) is 82.4 Å². The number of fused-ring (bicyclic) bond motifs is 9. The minimum absolute atomic E-state index is 0.0501. The predicted octanol–water partition coefficient (Wildman–Crippen LogP) is 20.1. The number of pyridine rings is 6. The van der Waals surface area contributed by atoms with Crippen molar-refractivity contribution in [2.75, 3.05) is 31.9 Å². The van der Waals surface area contributed by atoms with Gasteiger partial charge in [0.1, 0.15) is 0 Å². The van der Waals surface area contributed by atoms with E-state index in [0.717, 1.165) is 115 Å². The lowest BCUT2D eigenvalue weighted by molar-refractivity contribution is 0.100. The first-order valence-electron chi connectivity index (χ1n) is 35.8. The van der Waals surface area contributed by atoms with Gasteiger partial charge in [0.25, 0.3) is 35.4 Å². The molecule has 0 aliphatic heterocycles. The molecule has 0 radical (unpaired) electrons. The molecule has 17 aromatic rings. The summed E-state index contributed by atoms with van der Waals surface area (Å²) in [7, 11) is 0. The lowest BCUT2D eigenvalue weighted by Crippen LogP contribution is -2.19. The molecule has 0 unspecified atom stereocenters. The van der Waals surface area contributed by atoms with Gasteiger partial charge in [-0.05, 0) is 138 Å². The van der Waals surface area contributed by atoms with E-state index in [1.54, 1.807) is 37.2 Å². The van der Waals surface area contributed by atoms with Crippen molar-refractivity contribution in [2.24, 2.45) is 0 Å². The Morgan fingerprint density at radius 2 is 0.505 bits per heavy atom. The number of nitrogens with zero attached hydrogens (tertiary/aromatic N) is 6. The van der Waals surface area contributed by atoms with Gasteiger partial charge in [0.05, 0.1) is 105 Å². The van der Waals surface area contributed by atoms with Gasteiger partial charge in [-0.15, -0.1) is 0 Å². The molecule has 532 valence electrons. The second kappa shape index (κ2) is 29.2. The zero-order valence-corrected chi connectivity index (χ0v) is 59.9. The molecule has 11 aromatic carbocycles. The summed E-state index contributed by atoms with van der Waals surface area (Å²) < 4.78 is 0. The smallest absolute Gasteiger partial charge is 0.255 e. The Kier molecular flexibility index (Phi) is 18.1. The molecule has 0 bridgehead atoms. The fourth-order valence-corrected chi connectivity index (χ4v) is 14.3. The van der Waals surface area contributed by atoms with Crippen LogP contribution < -0.4 is 31.9 Å². The van der Waals surface area contributed by atoms with E-state index in [9.17, 15) is 28.8 Å². The van der Waals surface area contributed by atoms with Crippen molar-refractivity contribution in [2.45, 2.75) is 20.8 Å². The molecular formula is C93H64N12O6. The summed E-state index contributed by atoms with van der Waals surface area (Å²) in [5.41, 5.74) is 14.4. The summed E-state index contributed by atoms with van der Waals surface area (Å²) >= 11 is 0. The third kappa shape index (κ3) is 14.2. The maximum Gasteiger partial charge on any atom is 0.255 e. The van der Waals surface area contributed by atoms with Gasteiger partial charge in [-0.2, -0.15) is 0 Å². The largest absolute Gasteiger partial charge is 0.321 e. The van der Waals surface area contributed by atoms with Gasteiger partial charge in [-0.25, -0.2) is 0 Å². The average molecular weight is 1450 g/mol. The van der Waals surface area contributed by atoms with E-state index < -0.39 is 35.4 Å². The van der Waals surface area contributed by atoms with Crippen molar-refractivity contribution in [1.82, 2.24) is 29.9 Å². The van der Waals surface area contributed by atoms with Gasteiger partial charge < -0.3 is 31.9 Å². The van der Waals surface area contributed by atoms with Crippen LogP contribution in [0, 0.1) is 20.8 Å². The second-order valence-corrected chi connectivity index (χ2v) is 27.2. The molecule has 18 nitrogen and oxygen atoms in total. The molecule has 6 aromatic heterocycles. The molecule has 17 rings (SSSR count). The summed E-state index contributed by atoms with van der Waals surface area (Å²) in [5.74, 6) is -3.39. The number of aryl methyl sites for hydroxylation is 3. The number of rotatable bonds is 16. The van der Waals surface area contributed by atoms with Crippen molar-refractivity contribution >= 4 is 135 Å². The third-order valence-corrected chi connectivity index (χ3v) is 19.6. The van der Waals surface area contributed by atoms with E-state index in [1.165, 1.54) is 36.4 Å². The predicted molar refractivity (Wildman–Crippen MR) is 441 cm³/mol. The molecule has 0 saturated carbocycles. The lowest BCUT2D eigenvalue weighted by atomic mass is 9.95. The number of benzene rings is 11. The summed E-state index contributed by atoms with van der Waals surface area (Å²) in [5, 5.41) is 25.9. The van der Waals surface area contributed by atoms with E-state index in [-0.39, 0.29) is 33.4 Å². The molecule has 0 atom stereocenters. The summed E-state index contributed by atoms with van der Waals surface area (Å²) in [6.07, 6.45) is 9.47. The average Bonchev–Trinajstić information content (AvgIpc) is 0.629. The number of aromatic nitrogens is 6. The highest BCUT2D eigenvalue weighted by Gasteiger charge is 2.23. The number of amides is 6. The Hall–Kier alpha value is -15.3. The number of nitrogens with one attached hydrogen (secondary N) is 6. The van der Waals surface area contributed by atoms with E-state index >= 15 is 0 Å². The summed E-state index contributed by atoms with van der Waals surface area (Å²) in [6.45, 7) is 5.73. The van der Waals surface area contributed by atoms with Crippen LogP contribution in [-0.2, 0) is 0 Å². The second-order valence-electron chi connectivity index (χ2n) is 27.2. The maximum absolute atomic E-state index is 14.5. The number of carbonyl (C=O) groups is 6. The molecule has 6 N–H and O–H groups in total. The quantitative estimate of drug-likeness (QED) is 0.0494. The highest BCUT2D eigenvalue weighted by atomic mass is 16.2. The monoisotopic (exact) mass is 1440 g/mol. The van der Waals surface area contributed by atoms with Gasteiger partial charge in [-0.3, -0.25) is 58.7 Å². The Labute approximate surface area is 635 Å². The molecule has 0 fully saturated rings. The van der Waals surface area contributed by atoms with E-state index in [4.69, 9.17) is 19.9 Å². The van der Waals surface area contributed by atoms with E-state index in [1.807, 2.05) is 245 Å². The van der Waals surface area contributed by atoms with E-state index in [0.29, 0.717) is 45.3 Å². The van der Waals surface area contributed by atoms with Crippen LogP contribution in [0.1, 0.15) is 78.8 Å². The Balaban J connectivity index is 0.598. The van der Waals surface area contributed by atoms with Crippen LogP contribution in [0.3, 0.4) is 0 Å². The van der Waals surface area contributed by atoms with Gasteiger partial charge >= 0.3 is 0 Å². The standard InChI is InChI=1S/C93H64N12O6/c1-53-35-71(47-94-82(53)59-17-6-4-7-18-59)100-88(106)65-38-66(40-68(39-65)91(109)103-74-44-62-31-27-56-15-10-12-21-78(56)85(62)97-50-74)89(107)102-73-37-55(3)84(96-49-73)61-29-25-58(26-30-61)77-23-14-24-81-80(77)34-33-64-46-76(52-99-87(64)81)105-93(111)70-42-67(90(108)101-72-36-54(2)83(95-48-72)60-19-8-5-9-20-60)41-69(43-70)92(110)104-75-45-63-32-28-57-16-11-13-22-79(57)86(63)98-51-75/h4-52H,1-3H3,(H,100,106)(H,101,108)(H,102,107)(H,103,109)(H,104,110)(H,105,111). The summed E-state index contributed by atoms with van der Waals surface area (Å²) in [6, 6.07) is 80.9. The third-order valence-electron chi connectivity index (χ3n) is 19.6. The van der Waals surface area contributed by atoms with Crippen LogP contribution in [0.25, 0.3) is 110 Å². The van der Waals surface area contributed by atoms with Crippen LogP contribution in [0.2, 0.25) is 0 Å². The maximum atomic E-state index is 14.5. The Morgan fingerprint density at radius 3 is 0.865 bits per heavy atom. The van der Waals surface area contributed by atoms with Crippen molar-refractivity contribution < 1.29 is 28.8 Å². The van der Waals surface area contributed by atoms with Gasteiger partial charge in [0.15, 0.2) is 0 Å². The van der Waals surface area contributed by atoms with Crippen molar-refractivity contribution in [3.8, 4) is 44.9 Å². The first-order valence-corrected chi connectivity index (χ1v) is 35.8. The van der Waals surface area contributed by atoms with Crippen LogP contribution >= 0.6 is 0 Å². The Morgan fingerprint density at radius 1 is 0.225 bits per heavy atom. The molecule has 111 heavy (non-hydrogen) atoms. The van der Waals surface area contributed by atoms with Crippen LogP contribution in [0.5, 0.6) is 0 Å². The number of anilines is 6. The molecule has 0 aliphatic carbocycles. The van der Waals surface area contributed by atoms with Crippen LogP contribution in [-0.4, -0.2) is 65.3 Å². The van der Waals surface area contributed by atoms with Crippen molar-refractivity contribution in [1.29, 1.82) is 0 Å². The molecule has 6 heterocycles. The first-order chi connectivity index (χ1) is 54.1. The zero-order chi connectivity index (χ0) is 75.8. The lowest BCUT2D eigenvalue weighted by Gasteiger charge is -2.14. The molecule has 0 aliphatic rings. The van der Waals surface area contributed by atoms with Crippen LogP contribution in [0.15, 0.2) is 298 Å². The number of hydrogen-bond donors (Lipinski definition) is 6. The molecule has 18 heteroatoms. The highest BCUT2D eigenvalue weighted by molar-refractivity contribution is 6.17. The minimum atomic E-state index is -0.580. The normalized spacial score (nSPS) is 11.2. The molecular weight excluding hydrogens is 1380 g/mol. The topological polar surface area (TPSA) is 252 Å². The number of carbonyl (C=O) groups excluding carboxylic acids is 6. The number of hydrogen-bond acceptors (Lipinski definition) is 12. The van der Waals surface area contributed by atoms with Gasteiger partial charge in [0.2, 0.25) is 0 Å². The molecule has 0 spiro atoms. The van der Waals surface area contributed by atoms with E-state index in [2.05, 4.69) is 41.9 Å². The Bertz CT molecular complexity index is 6710. The SMILES string of the molecule is Cc1cc(NC(=O)c2cc(C(=O)Nc3cnc(-c4ccc(-c5cccc6c5ccc5cc(NC(=O)c7cc(C(=O)Nc8cnc(-c9ccccc9)c(C)c8)cc(C(=O)Nc8cnc9c(ccc%10ccccc%109)c8)c7)cnc56)cc4)c(C)c3)cc(C(=O)Nc3cnc4c(ccc5ccccc54)c3)c2)cnc1-c1ccccc1. The first kappa shape index (κ1) is 68.8. The highest BCUT2D eigenvalue weighted by Crippen LogP contribution is 2.37. The van der Waals surface area contributed by atoms with Crippen molar-refractivity contribution in [3.05, 3.63) is 348 Å². The fraction of sp³-hybridized carbons (Fsp3) is 0.0323. The summed E-state index contributed by atoms with van der Waals surface area (Å²) in [4.78, 5) is 114.